The lowest BCUT2D eigenvalue weighted by atomic mass is 10.0. The Kier molecular flexibility index (Phi) is 5.15. The van der Waals surface area contributed by atoms with Gasteiger partial charge in [-0.3, -0.25) is 4.79 Å². The Hall–Kier alpha value is -1.62. The molecule has 2 rings (SSSR count). The average Bonchev–Trinajstić information content (AvgIpc) is 2.45. The van der Waals surface area contributed by atoms with Crippen LogP contribution in [0.3, 0.4) is 0 Å². The molecule has 0 aliphatic carbocycles. The van der Waals surface area contributed by atoms with Gasteiger partial charge in [0, 0.05) is 31.7 Å². The van der Waals surface area contributed by atoms with Crippen LogP contribution in [-0.2, 0) is 4.79 Å². The quantitative estimate of drug-likeness (QED) is 0.747. The largest absolute Gasteiger partial charge is 0.370 e. The molecule has 1 aliphatic rings. The number of nitrogens with zero attached hydrogens (tertiary/aromatic N) is 2. The number of nitrogens with two attached hydrogens (primary N) is 1. The van der Waals surface area contributed by atoms with E-state index in [4.69, 9.17) is 5.73 Å². The monoisotopic (exact) mass is 262 g/mol. The highest BCUT2D eigenvalue weighted by molar-refractivity contribution is 5.73. The molecule has 104 valence electrons. The number of hydrogen-bond acceptors (Lipinski definition) is 4. The van der Waals surface area contributed by atoms with Crippen LogP contribution in [0.25, 0.3) is 0 Å². The highest BCUT2D eigenvalue weighted by atomic mass is 16.1. The molecule has 2 heterocycles. The molecule has 1 aliphatic heterocycles. The van der Waals surface area contributed by atoms with E-state index in [1.165, 1.54) is 0 Å². The number of pyridine rings is 1. The molecule has 1 fully saturated rings. The summed E-state index contributed by atoms with van der Waals surface area (Å²) in [5, 5.41) is 3.49. The van der Waals surface area contributed by atoms with Gasteiger partial charge < -0.3 is 16.0 Å². The summed E-state index contributed by atoms with van der Waals surface area (Å²) < 4.78 is 0. The second-order valence-electron chi connectivity index (χ2n) is 4.97. The van der Waals surface area contributed by atoms with Crippen LogP contribution in [0, 0.1) is 0 Å². The molecule has 3 N–H and O–H groups in total. The van der Waals surface area contributed by atoms with Crippen molar-refractivity contribution in [3.8, 4) is 0 Å². The van der Waals surface area contributed by atoms with E-state index in [0.29, 0.717) is 12.5 Å². The fourth-order valence-electron chi connectivity index (χ4n) is 2.42. The van der Waals surface area contributed by atoms with Crippen molar-refractivity contribution in [1.29, 1.82) is 0 Å². The first kappa shape index (κ1) is 13.8. The third-order valence-electron chi connectivity index (χ3n) is 3.50. The summed E-state index contributed by atoms with van der Waals surface area (Å²) in [5.41, 5.74) is 5.11. The molecule has 0 radical (unpaired) electrons. The molecule has 1 saturated heterocycles. The number of carbonyl (C=O) groups is 1. The molecular weight excluding hydrogens is 240 g/mol. The van der Waals surface area contributed by atoms with Crippen LogP contribution in [0.1, 0.15) is 25.7 Å². The molecule has 0 spiro atoms. The Morgan fingerprint density at radius 3 is 2.84 bits per heavy atom. The summed E-state index contributed by atoms with van der Waals surface area (Å²) in [6, 6.07) is 6.57. The number of nitrogens with one attached hydrogen (secondary N) is 1. The Morgan fingerprint density at radius 1 is 1.42 bits per heavy atom. The summed E-state index contributed by atoms with van der Waals surface area (Å²) in [7, 11) is 0. The summed E-state index contributed by atoms with van der Waals surface area (Å²) >= 11 is 0. The molecule has 0 saturated carbocycles. The first-order valence-electron chi connectivity index (χ1n) is 6.93. The summed E-state index contributed by atoms with van der Waals surface area (Å²) in [6.45, 7) is 2.94. The van der Waals surface area contributed by atoms with Crippen molar-refractivity contribution in [2.24, 2.45) is 5.73 Å². The predicted molar refractivity (Wildman–Crippen MR) is 75.9 cm³/mol. The van der Waals surface area contributed by atoms with Crippen molar-refractivity contribution in [2.75, 3.05) is 24.5 Å². The fourth-order valence-corrected chi connectivity index (χ4v) is 2.42. The standard InChI is InChI=1S/C14H22N4O/c15-13(19)4-3-9-16-12-6-10-18(11-7-12)14-5-1-2-8-17-14/h1-2,5,8,12,16H,3-4,6-7,9-11H2,(H2,15,19). The van der Waals surface area contributed by atoms with Crippen LogP contribution in [-0.4, -0.2) is 36.6 Å². The second kappa shape index (κ2) is 7.09. The van der Waals surface area contributed by atoms with Crippen LogP contribution in [0.15, 0.2) is 24.4 Å². The van der Waals surface area contributed by atoms with Gasteiger partial charge in [0.1, 0.15) is 5.82 Å². The van der Waals surface area contributed by atoms with E-state index in [2.05, 4.69) is 21.3 Å². The lowest BCUT2D eigenvalue weighted by molar-refractivity contribution is -0.118. The topological polar surface area (TPSA) is 71.2 Å². The van der Waals surface area contributed by atoms with Gasteiger partial charge in [0.25, 0.3) is 0 Å². The van der Waals surface area contributed by atoms with Crippen LogP contribution in [0.5, 0.6) is 0 Å². The van der Waals surface area contributed by atoms with Crippen molar-refractivity contribution in [1.82, 2.24) is 10.3 Å². The number of carbonyl (C=O) groups excluding carboxylic acids is 1. The minimum Gasteiger partial charge on any atom is -0.370 e. The highest BCUT2D eigenvalue weighted by Crippen LogP contribution is 2.17. The van der Waals surface area contributed by atoms with Crippen LogP contribution >= 0.6 is 0 Å². The Balaban J connectivity index is 1.67. The molecule has 19 heavy (non-hydrogen) atoms. The molecule has 5 heteroatoms. The van der Waals surface area contributed by atoms with E-state index >= 15 is 0 Å². The fraction of sp³-hybridized carbons (Fsp3) is 0.571. The number of primary amides is 1. The molecule has 5 nitrogen and oxygen atoms in total. The zero-order chi connectivity index (χ0) is 13.5. The van der Waals surface area contributed by atoms with Gasteiger partial charge >= 0.3 is 0 Å². The van der Waals surface area contributed by atoms with Crippen molar-refractivity contribution in [3.05, 3.63) is 24.4 Å². The molecule has 0 bridgehead atoms. The van der Waals surface area contributed by atoms with E-state index in [9.17, 15) is 4.79 Å². The first-order chi connectivity index (χ1) is 9.25. The maximum atomic E-state index is 10.6. The highest BCUT2D eigenvalue weighted by Gasteiger charge is 2.19. The zero-order valence-corrected chi connectivity index (χ0v) is 11.2. The number of rotatable bonds is 6. The molecule has 0 aromatic carbocycles. The second-order valence-corrected chi connectivity index (χ2v) is 4.97. The summed E-state index contributed by atoms with van der Waals surface area (Å²) in [5.74, 6) is 0.849. The third-order valence-corrected chi connectivity index (χ3v) is 3.50. The lowest BCUT2D eigenvalue weighted by Crippen LogP contribution is -2.43. The lowest BCUT2D eigenvalue weighted by Gasteiger charge is -2.33. The van der Waals surface area contributed by atoms with E-state index < -0.39 is 0 Å². The number of piperidine rings is 1. The van der Waals surface area contributed by atoms with E-state index in [-0.39, 0.29) is 5.91 Å². The Morgan fingerprint density at radius 2 is 2.21 bits per heavy atom. The molecule has 0 atom stereocenters. The SMILES string of the molecule is NC(=O)CCCNC1CCN(c2ccccn2)CC1. The minimum absolute atomic E-state index is 0.216. The third kappa shape index (κ3) is 4.52. The van der Waals surface area contributed by atoms with Crippen molar-refractivity contribution in [2.45, 2.75) is 31.7 Å². The van der Waals surface area contributed by atoms with Gasteiger partial charge in [-0.05, 0) is 37.9 Å². The van der Waals surface area contributed by atoms with Gasteiger partial charge in [-0.2, -0.15) is 0 Å². The van der Waals surface area contributed by atoms with Gasteiger partial charge in [-0.1, -0.05) is 6.07 Å². The molecule has 1 aromatic rings. The number of hydrogen-bond donors (Lipinski definition) is 2. The van der Waals surface area contributed by atoms with Gasteiger partial charge in [-0.25, -0.2) is 4.98 Å². The molecular formula is C14H22N4O. The summed E-state index contributed by atoms with van der Waals surface area (Å²) in [4.78, 5) is 17.3. The maximum Gasteiger partial charge on any atom is 0.217 e. The van der Waals surface area contributed by atoms with Gasteiger partial charge in [0.05, 0.1) is 0 Å². The number of anilines is 1. The molecule has 0 unspecified atom stereocenters. The number of amides is 1. The van der Waals surface area contributed by atoms with Crippen LogP contribution < -0.4 is 16.0 Å². The minimum atomic E-state index is -0.216. The van der Waals surface area contributed by atoms with Crippen molar-refractivity contribution < 1.29 is 4.79 Å². The van der Waals surface area contributed by atoms with Crippen molar-refractivity contribution >= 4 is 11.7 Å². The van der Waals surface area contributed by atoms with Crippen LogP contribution in [0.2, 0.25) is 0 Å². The van der Waals surface area contributed by atoms with E-state index in [1.54, 1.807) is 0 Å². The van der Waals surface area contributed by atoms with Gasteiger partial charge in [0.2, 0.25) is 5.91 Å². The summed E-state index contributed by atoms with van der Waals surface area (Å²) in [6.07, 6.45) is 5.37. The Labute approximate surface area is 114 Å². The average molecular weight is 262 g/mol. The maximum absolute atomic E-state index is 10.6. The Bertz CT molecular complexity index is 388. The predicted octanol–water partition coefficient (Wildman–Crippen LogP) is 0.905. The molecule has 1 amide bonds. The van der Waals surface area contributed by atoms with E-state index in [0.717, 1.165) is 44.7 Å². The first-order valence-corrected chi connectivity index (χ1v) is 6.93. The smallest absolute Gasteiger partial charge is 0.217 e. The van der Waals surface area contributed by atoms with Gasteiger partial charge in [-0.15, -0.1) is 0 Å². The van der Waals surface area contributed by atoms with Crippen LogP contribution in [0.4, 0.5) is 5.82 Å². The number of aromatic nitrogens is 1. The zero-order valence-electron chi connectivity index (χ0n) is 11.2. The van der Waals surface area contributed by atoms with E-state index in [1.807, 2.05) is 18.3 Å². The normalized spacial score (nSPS) is 16.5. The van der Waals surface area contributed by atoms with Gasteiger partial charge in [0.15, 0.2) is 0 Å². The van der Waals surface area contributed by atoms with Crippen molar-refractivity contribution in [3.63, 3.8) is 0 Å². The molecule has 1 aromatic heterocycles.